The normalized spacial score (nSPS) is 20.7. The van der Waals surface area contributed by atoms with Crippen molar-refractivity contribution in [2.24, 2.45) is 0 Å². The van der Waals surface area contributed by atoms with Gasteiger partial charge in [-0.25, -0.2) is 0 Å². The molecule has 0 saturated carbocycles. The number of nitrogens with one attached hydrogen (secondary N) is 6. The van der Waals surface area contributed by atoms with E-state index in [1.165, 1.54) is 0 Å². The molecule has 2 aliphatic heterocycles. The van der Waals surface area contributed by atoms with Crippen molar-refractivity contribution in [2.75, 3.05) is 26.2 Å². The van der Waals surface area contributed by atoms with E-state index in [1.54, 1.807) is 0 Å². The zero-order valence-electron chi connectivity index (χ0n) is 15.3. The third-order valence-corrected chi connectivity index (χ3v) is 4.24. The molecule has 2 atom stereocenters. The summed E-state index contributed by atoms with van der Waals surface area (Å²) >= 11 is 0. The SMILES string of the molecule is O=C(CNC(=O)[C@@H]1CCC(=O)N1)NCCNC(=O)CNC(=O)[C@@H]1CCC(=O)N1. The maximum absolute atomic E-state index is 11.7. The number of amides is 6. The van der Waals surface area contributed by atoms with Gasteiger partial charge in [0.2, 0.25) is 35.4 Å². The molecule has 154 valence electrons. The van der Waals surface area contributed by atoms with Crippen LogP contribution in [-0.4, -0.2) is 73.7 Å². The molecule has 6 N–H and O–H groups in total. The van der Waals surface area contributed by atoms with E-state index in [2.05, 4.69) is 31.9 Å². The van der Waals surface area contributed by atoms with Crippen molar-refractivity contribution < 1.29 is 28.8 Å². The quantitative estimate of drug-likeness (QED) is 0.217. The summed E-state index contributed by atoms with van der Waals surface area (Å²) in [6.07, 6.45) is 1.39. The average Bonchev–Trinajstić information content (AvgIpc) is 3.29. The molecule has 0 aromatic carbocycles. The van der Waals surface area contributed by atoms with Crippen LogP contribution in [0.5, 0.6) is 0 Å². The van der Waals surface area contributed by atoms with Crippen molar-refractivity contribution >= 4 is 35.4 Å². The molecule has 2 fully saturated rings. The Morgan fingerprint density at radius 1 is 0.714 bits per heavy atom. The highest BCUT2D eigenvalue weighted by Gasteiger charge is 2.28. The standard InChI is InChI=1S/C16H24N6O6/c23-11-3-1-9(21-11)15(27)19-7-13(25)17-5-6-18-14(26)8-20-16(28)10-2-4-12(24)22-10/h9-10H,1-8H2,(H,17,25)(H,18,26)(H,19,27)(H,20,28)(H,21,23)(H,22,24)/t9-,10-/m0/s1. The zero-order chi connectivity index (χ0) is 20.5. The highest BCUT2D eigenvalue weighted by Crippen LogP contribution is 2.06. The molecule has 0 bridgehead atoms. The van der Waals surface area contributed by atoms with Crippen LogP contribution in [0.2, 0.25) is 0 Å². The third kappa shape index (κ3) is 6.85. The van der Waals surface area contributed by atoms with Crippen LogP contribution >= 0.6 is 0 Å². The number of hydrogen-bond acceptors (Lipinski definition) is 6. The lowest BCUT2D eigenvalue weighted by Crippen LogP contribution is -2.47. The molecule has 0 radical (unpaired) electrons. The van der Waals surface area contributed by atoms with Crippen LogP contribution in [0.25, 0.3) is 0 Å². The van der Waals surface area contributed by atoms with E-state index in [0.29, 0.717) is 25.7 Å². The molecule has 0 aliphatic carbocycles. The highest BCUT2D eigenvalue weighted by molar-refractivity contribution is 5.93. The van der Waals surface area contributed by atoms with Gasteiger partial charge < -0.3 is 31.9 Å². The van der Waals surface area contributed by atoms with E-state index in [0.717, 1.165) is 0 Å². The first-order valence-corrected chi connectivity index (χ1v) is 9.02. The van der Waals surface area contributed by atoms with Crippen LogP contribution in [0.1, 0.15) is 25.7 Å². The lowest BCUT2D eigenvalue weighted by Gasteiger charge is -2.12. The van der Waals surface area contributed by atoms with Crippen molar-refractivity contribution in [1.82, 2.24) is 31.9 Å². The molecule has 0 unspecified atom stereocenters. The Morgan fingerprint density at radius 2 is 1.11 bits per heavy atom. The molecule has 0 spiro atoms. The van der Waals surface area contributed by atoms with E-state index < -0.39 is 35.7 Å². The van der Waals surface area contributed by atoms with Crippen molar-refractivity contribution in [3.8, 4) is 0 Å². The van der Waals surface area contributed by atoms with Crippen LogP contribution in [0.4, 0.5) is 0 Å². The predicted octanol–water partition coefficient (Wildman–Crippen LogP) is -3.99. The minimum Gasteiger partial charge on any atom is -0.353 e. The Kier molecular flexibility index (Phi) is 7.72. The first-order valence-electron chi connectivity index (χ1n) is 9.02. The molecule has 2 rings (SSSR count). The van der Waals surface area contributed by atoms with Crippen molar-refractivity contribution in [2.45, 2.75) is 37.8 Å². The molecule has 2 heterocycles. The van der Waals surface area contributed by atoms with E-state index in [4.69, 9.17) is 0 Å². The fourth-order valence-corrected chi connectivity index (χ4v) is 2.73. The van der Waals surface area contributed by atoms with Gasteiger partial charge in [-0.15, -0.1) is 0 Å². The number of carbonyl (C=O) groups excluding carboxylic acids is 6. The molecular formula is C16H24N6O6. The second-order valence-corrected chi connectivity index (χ2v) is 6.45. The third-order valence-electron chi connectivity index (χ3n) is 4.24. The van der Waals surface area contributed by atoms with Crippen molar-refractivity contribution in [3.05, 3.63) is 0 Å². The molecule has 2 aliphatic rings. The Morgan fingerprint density at radius 3 is 1.43 bits per heavy atom. The van der Waals surface area contributed by atoms with Gasteiger partial charge in [-0.2, -0.15) is 0 Å². The van der Waals surface area contributed by atoms with Gasteiger partial charge in [0.15, 0.2) is 0 Å². The summed E-state index contributed by atoms with van der Waals surface area (Å²) in [5.41, 5.74) is 0. The summed E-state index contributed by atoms with van der Waals surface area (Å²) in [6, 6.07) is -1.21. The monoisotopic (exact) mass is 396 g/mol. The first-order chi connectivity index (χ1) is 13.3. The van der Waals surface area contributed by atoms with Crippen LogP contribution in [0.3, 0.4) is 0 Å². The topological polar surface area (TPSA) is 175 Å². The van der Waals surface area contributed by atoms with Crippen LogP contribution in [0.15, 0.2) is 0 Å². The minimum atomic E-state index is -0.604. The lowest BCUT2D eigenvalue weighted by molar-refractivity contribution is -0.128. The lowest BCUT2D eigenvalue weighted by atomic mass is 10.2. The van der Waals surface area contributed by atoms with Crippen molar-refractivity contribution in [3.63, 3.8) is 0 Å². The fourth-order valence-electron chi connectivity index (χ4n) is 2.73. The van der Waals surface area contributed by atoms with Gasteiger partial charge in [-0.1, -0.05) is 0 Å². The van der Waals surface area contributed by atoms with Gasteiger partial charge in [-0.05, 0) is 12.8 Å². The molecule has 12 nitrogen and oxygen atoms in total. The molecular weight excluding hydrogens is 372 g/mol. The summed E-state index contributed by atoms with van der Waals surface area (Å²) in [7, 11) is 0. The van der Waals surface area contributed by atoms with E-state index >= 15 is 0 Å². The number of carbonyl (C=O) groups is 6. The highest BCUT2D eigenvalue weighted by atomic mass is 16.2. The van der Waals surface area contributed by atoms with Crippen LogP contribution < -0.4 is 31.9 Å². The fraction of sp³-hybridized carbons (Fsp3) is 0.625. The molecule has 28 heavy (non-hydrogen) atoms. The Bertz CT molecular complexity index is 610. The summed E-state index contributed by atoms with van der Waals surface area (Å²) in [5, 5.41) is 14.9. The number of rotatable bonds is 9. The van der Waals surface area contributed by atoms with Gasteiger partial charge >= 0.3 is 0 Å². The van der Waals surface area contributed by atoms with Crippen LogP contribution in [0, 0.1) is 0 Å². The average molecular weight is 396 g/mol. The van der Waals surface area contributed by atoms with Gasteiger partial charge in [0, 0.05) is 25.9 Å². The molecule has 0 aromatic heterocycles. The summed E-state index contributed by atoms with van der Waals surface area (Å²) in [6.45, 7) is -0.175. The molecule has 6 amide bonds. The van der Waals surface area contributed by atoms with Gasteiger partial charge in [0.05, 0.1) is 13.1 Å². The van der Waals surface area contributed by atoms with E-state index in [1.807, 2.05) is 0 Å². The Labute approximate surface area is 160 Å². The summed E-state index contributed by atoms with van der Waals surface area (Å²) in [5.74, 6) is -2.07. The van der Waals surface area contributed by atoms with Gasteiger partial charge in [0.25, 0.3) is 0 Å². The van der Waals surface area contributed by atoms with Crippen LogP contribution in [-0.2, 0) is 28.8 Å². The minimum absolute atomic E-state index is 0.146. The van der Waals surface area contributed by atoms with Crippen molar-refractivity contribution in [1.29, 1.82) is 0 Å². The smallest absolute Gasteiger partial charge is 0.243 e. The van der Waals surface area contributed by atoms with E-state index in [9.17, 15) is 28.8 Å². The zero-order valence-corrected chi connectivity index (χ0v) is 15.3. The predicted molar refractivity (Wildman–Crippen MR) is 94.4 cm³/mol. The Balaban J connectivity index is 1.49. The maximum Gasteiger partial charge on any atom is 0.243 e. The van der Waals surface area contributed by atoms with Gasteiger partial charge in [0.1, 0.15) is 12.1 Å². The molecule has 0 aromatic rings. The molecule has 2 saturated heterocycles. The number of hydrogen-bond donors (Lipinski definition) is 6. The maximum atomic E-state index is 11.7. The second kappa shape index (κ2) is 10.2. The Hall–Kier alpha value is -3.18. The second-order valence-electron chi connectivity index (χ2n) is 6.45. The van der Waals surface area contributed by atoms with E-state index in [-0.39, 0.29) is 38.0 Å². The summed E-state index contributed by atoms with van der Waals surface area (Å²) in [4.78, 5) is 68.8. The molecule has 12 heteroatoms. The first kappa shape index (κ1) is 21.1. The largest absolute Gasteiger partial charge is 0.353 e. The summed E-state index contributed by atoms with van der Waals surface area (Å²) < 4.78 is 0. The van der Waals surface area contributed by atoms with Gasteiger partial charge in [-0.3, -0.25) is 28.8 Å².